The van der Waals surface area contributed by atoms with Crippen molar-refractivity contribution >= 4 is 5.57 Å². The van der Waals surface area contributed by atoms with Crippen LogP contribution in [0.25, 0.3) is 5.57 Å². The van der Waals surface area contributed by atoms with Gasteiger partial charge in [0.1, 0.15) is 0 Å². The SMILES string of the molecule is C[C@@H]1[C@H](C)[C@H](O)CC=C(c2ccccc2)[C@@H]1C. The second-order valence-corrected chi connectivity index (χ2v) is 5.34. The second kappa shape index (κ2) is 5.05. The quantitative estimate of drug-likeness (QED) is 0.779. The van der Waals surface area contributed by atoms with Crippen molar-refractivity contribution in [3.05, 3.63) is 42.0 Å². The number of hydrogen-bond donors (Lipinski definition) is 1. The van der Waals surface area contributed by atoms with Gasteiger partial charge in [-0.15, -0.1) is 0 Å². The molecule has 0 fully saturated rings. The first-order chi connectivity index (χ1) is 8.11. The highest BCUT2D eigenvalue weighted by molar-refractivity contribution is 5.67. The smallest absolute Gasteiger partial charge is 0.0603 e. The summed E-state index contributed by atoms with van der Waals surface area (Å²) in [4.78, 5) is 0. The zero-order valence-corrected chi connectivity index (χ0v) is 10.9. The Morgan fingerprint density at radius 2 is 1.65 bits per heavy atom. The number of hydrogen-bond acceptors (Lipinski definition) is 1. The third-order valence-corrected chi connectivity index (χ3v) is 4.40. The Morgan fingerprint density at radius 1 is 1.00 bits per heavy atom. The normalized spacial score (nSPS) is 34.0. The van der Waals surface area contributed by atoms with E-state index < -0.39 is 0 Å². The zero-order chi connectivity index (χ0) is 12.4. The first-order valence-electron chi connectivity index (χ1n) is 6.54. The molecule has 1 aliphatic rings. The number of aliphatic hydroxyl groups is 1. The third-order valence-electron chi connectivity index (χ3n) is 4.40. The molecule has 1 nitrogen and oxygen atoms in total. The first-order valence-corrected chi connectivity index (χ1v) is 6.54. The third kappa shape index (κ3) is 2.44. The van der Waals surface area contributed by atoms with Crippen molar-refractivity contribution in [2.45, 2.75) is 33.3 Å². The molecule has 1 aliphatic carbocycles. The molecule has 92 valence electrons. The standard InChI is InChI=1S/C16H22O/c1-11-12(2)15(9-10-16(17)13(11)3)14-7-5-4-6-8-14/h4-9,11-13,16-17H,10H2,1-3H3/t11-,12+,13-,16+/m0/s1. The predicted molar refractivity (Wildman–Crippen MR) is 72.5 cm³/mol. The van der Waals surface area contributed by atoms with Crippen LogP contribution in [0.3, 0.4) is 0 Å². The zero-order valence-electron chi connectivity index (χ0n) is 10.9. The molecule has 0 saturated carbocycles. The minimum Gasteiger partial charge on any atom is -0.393 e. The summed E-state index contributed by atoms with van der Waals surface area (Å²) < 4.78 is 0. The van der Waals surface area contributed by atoms with Crippen LogP contribution in [0, 0.1) is 17.8 Å². The summed E-state index contributed by atoms with van der Waals surface area (Å²) in [5.74, 6) is 1.38. The topological polar surface area (TPSA) is 20.2 Å². The average Bonchev–Trinajstić information content (AvgIpc) is 2.45. The van der Waals surface area contributed by atoms with E-state index in [-0.39, 0.29) is 6.10 Å². The van der Waals surface area contributed by atoms with E-state index in [2.05, 4.69) is 51.1 Å². The summed E-state index contributed by atoms with van der Waals surface area (Å²) in [6.45, 7) is 6.69. The van der Waals surface area contributed by atoms with Crippen LogP contribution in [-0.2, 0) is 0 Å². The van der Waals surface area contributed by atoms with E-state index >= 15 is 0 Å². The van der Waals surface area contributed by atoms with E-state index in [1.807, 2.05) is 6.07 Å². The maximum absolute atomic E-state index is 10.1. The Balaban J connectivity index is 2.34. The van der Waals surface area contributed by atoms with Crippen LogP contribution in [0.15, 0.2) is 36.4 Å². The Labute approximate surface area is 104 Å². The summed E-state index contributed by atoms with van der Waals surface area (Å²) in [6, 6.07) is 10.5. The van der Waals surface area contributed by atoms with Crippen molar-refractivity contribution in [3.63, 3.8) is 0 Å². The second-order valence-electron chi connectivity index (χ2n) is 5.34. The molecular weight excluding hydrogens is 208 g/mol. The molecule has 1 heteroatoms. The van der Waals surface area contributed by atoms with Crippen molar-refractivity contribution < 1.29 is 5.11 Å². The van der Waals surface area contributed by atoms with Gasteiger partial charge in [-0.3, -0.25) is 0 Å². The average molecular weight is 230 g/mol. The Morgan fingerprint density at radius 3 is 2.29 bits per heavy atom. The molecule has 0 aromatic heterocycles. The van der Waals surface area contributed by atoms with Crippen molar-refractivity contribution in [1.29, 1.82) is 0 Å². The lowest BCUT2D eigenvalue weighted by molar-refractivity contribution is 0.0848. The van der Waals surface area contributed by atoms with Crippen LogP contribution in [0.5, 0.6) is 0 Å². The van der Waals surface area contributed by atoms with Crippen LogP contribution < -0.4 is 0 Å². The molecule has 0 unspecified atom stereocenters. The van der Waals surface area contributed by atoms with Gasteiger partial charge in [0.15, 0.2) is 0 Å². The largest absolute Gasteiger partial charge is 0.393 e. The van der Waals surface area contributed by atoms with E-state index in [0.717, 1.165) is 6.42 Å². The van der Waals surface area contributed by atoms with Gasteiger partial charge in [0.2, 0.25) is 0 Å². The first kappa shape index (κ1) is 12.4. The monoisotopic (exact) mass is 230 g/mol. The molecule has 0 saturated heterocycles. The van der Waals surface area contributed by atoms with Gasteiger partial charge >= 0.3 is 0 Å². The molecule has 4 atom stereocenters. The van der Waals surface area contributed by atoms with Crippen LogP contribution >= 0.6 is 0 Å². The van der Waals surface area contributed by atoms with Crippen molar-refractivity contribution in [3.8, 4) is 0 Å². The minimum absolute atomic E-state index is 0.200. The Bertz CT molecular complexity index is 393. The molecule has 0 aliphatic heterocycles. The van der Waals surface area contributed by atoms with Gasteiger partial charge in [-0.2, -0.15) is 0 Å². The predicted octanol–water partition coefficient (Wildman–Crippen LogP) is 3.74. The lowest BCUT2D eigenvalue weighted by Gasteiger charge is -2.27. The fraction of sp³-hybridized carbons (Fsp3) is 0.500. The highest BCUT2D eigenvalue weighted by Crippen LogP contribution is 2.37. The van der Waals surface area contributed by atoms with Gasteiger partial charge in [0.25, 0.3) is 0 Å². The number of allylic oxidation sites excluding steroid dienone is 1. The molecule has 17 heavy (non-hydrogen) atoms. The van der Waals surface area contributed by atoms with Crippen LogP contribution in [-0.4, -0.2) is 11.2 Å². The minimum atomic E-state index is -0.200. The van der Waals surface area contributed by atoms with Gasteiger partial charge in [-0.05, 0) is 35.3 Å². The fourth-order valence-corrected chi connectivity index (χ4v) is 2.75. The lowest BCUT2D eigenvalue weighted by Crippen LogP contribution is -2.25. The molecule has 0 amide bonds. The van der Waals surface area contributed by atoms with E-state index in [1.165, 1.54) is 11.1 Å². The highest BCUT2D eigenvalue weighted by Gasteiger charge is 2.29. The molecule has 0 spiro atoms. The van der Waals surface area contributed by atoms with Crippen LogP contribution in [0.2, 0.25) is 0 Å². The van der Waals surface area contributed by atoms with E-state index in [9.17, 15) is 5.11 Å². The Kier molecular flexibility index (Phi) is 3.68. The van der Waals surface area contributed by atoms with Gasteiger partial charge in [0, 0.05) is 0 Å². The van der Waals surface area contributed by atoms with Gasteiger partial charge in [-0.25, -0.2) is 0 Å². The maximum atomic E-state index is 10.1. The van der Waals surface area contributed by atoms with E-state index in [1.54, 1.807) is 0 Å². The summed E-state index contributed by atoms with van der Waals surface area (Å²) in [7, 11) is 0. The van der Waals surface area contributed by atoms with Crippen molar-refractivity contribution in [2.75, 3.05) is 0 Å². The molecule has 2 rings (SSSR count). The highest BCUT2D eigenvalue weighted by atomic mass is 16.3. The van der Waals surface area contributed by atoms with Crippen LogP contribution in [0.4, 0.5) is 0 Å². The molecule has 0 bridgehead atoms. The molecule has 1 N–H and O–H groups in total. The maximum Gasteiger partial charge on any atom is 0.0603 e. The summed E-state index contributed by atoms with van der Waals surface area (Å²) in [6.07, 6.45) is 2.80. The number of rotatable bonds is 1. The van der Waals surface area contributed by atoms with Gasteiger partial charge < -0.3 is 5.11 Å². The molecule has 0 heterocycles. The molecule has 1 aromatic carbocycles. The number of aliphatic hydroxyl groups excluding tert-OH is 1. The van der Waals surface area contributed by atoms with E-state index in [4.69, 9.17) is 0 Å². The van der Waals surface area contributed by atoms with Gasteiger partial charge in [0.05, 0.1) is 6.10 Å². The summed E-state index contributed by atoms with van der Waals surface area (Å²) in [5.41, 5.74) is 2.69. The summed E-state index contributed by atoms with van der Waals surface area (Å²) in [5, 5.41) is 10.1. The molecule has 0 radical (unpaired) electrons. The fourth-order valence-electron chi connectivity index (χ4n) is 2.75. The summed E-state index contributed by atoms with van der Waals surface area (Å²) >= 11 is 0. The van der Waals surface area contributed by atoms with Crippen molar-refractivity contribution in [1.82, 2.24) is 0 Å². The number of benzene rings is 1. The van der Waals surface area contributed by atoms with E-state index in [0.29, 0.717) is 17.8 Å². The van der Waals surface area contributed by atoms with Gasteiger partial charge in [-0.1, -0.05) is 57.2 Å². The molecular formula is C16H22O. The van der Waals surface area contributed by atoms with Crippen LogP contribution in [0.1, 0.15) is 32.8 Å². The Hall–Kier alpha value is -1.08. The molecule has 1 aromatic rings. The van der Waals surface area contributed by atoms with Crippen molar-refractivity contribution in [2.24, 2.45) is 17.8 Å². The lowest BCUT2D eigenvalue weighted by atomic mass is 9.79.